The van der Waals surface area contributed by atoms with Crippen LogP contribution in [-0.4, -0.2) is 32.8 Å². The van der Waals surface area contributed by atoms with Crippen LogP contribution in [0.4, 0.5) is 11.8 Å². The molecule has 0 radical (unpaired) electrons. The maximum atomic E-state index is 10.9. The zero-order chi connectivity index (χ0) is 16.5. The number of amides is 1. The van der Waals surface area contributed by atoms with Gasteiger partial charge >= 0.3 is 6.01 Å². The molecule has 0 aromatic carbocycles. The number of carbonyl (C=O) groups excluding carboxylic acids is 1. The first kappa shape index (κ1) is 16.9. The van der Waals surface area contributed by atoms with Gasteiger partial charge < -0.3 is 4.52 Å². The summed E-state index contributed by atoms with van der Waals surface area (Å²) in [5.74, 6) is 0.994. The molecular formula is C15H21N5O3. The van der Waals surface area contributed by atoms with Crippen molar-refractivity contribution in [3.05, 3.63) is 30.2 Å². The Balaban J connectivity index is 1.86. The Kier molecular flexibility index (Phi) is 6.49. The quantitative estimate of drug-likeness (QED) is 0.415. The van der Waals surface area contributed by atoms with Crippen molar-refractivity contribution in [2.45, 2.75) is 39.0 Å². The molecule has 0 aliphatic heterocycles. The number of hydroxylamine groups is 1. The zero-order valence-electron chi connectivity index (χ0n) is 13.1. The highest BCUT2D eigenvalue weighted by molar-refractivity contribution is 5.74. The standard InChI is InChI=1S/C15H21N5O3/c1-12-17-15(23-19-12)20(13-8-5-6-10-16-13)11-7-3-2-4-9-14(21)18-22/h5-6,8,10,22H,2-4,7,9,11H2,1H3,(H,18,21). The lowest BCUT2D eigenvalue weighted by Crippen LogP contribution is -2.20. The summed E-state index contributed by atoms with van der Waals surface area (Å²) in [5.41, 5.74) is 1.64. The molecule has 0 atom stereocenters. The maximum Gasteiger partial charge on any atom is 0.329 e. The van der Waals surface area contributed by atoms with Gasteiger partial charge in [0, 0.05) is 19.2 Å². The molecule has 0 saturated carbocycles. The van der Waals surface area contributed by atoms with Gasteiger partial charge in [0.05, 0.1) is 0 Å². The third-order valence-corrected chi connectivity index (χ3v) is 3.33. The van der Waals surface area contributed by atoms with Crippen molar-refractivity contribution in [3.8, 4) is 0 Å². The van der Waals surface area contributed by atoms with Gasteiger partial charge in [-0.1, -0.05) is 24.1 Å². The van der Waals surface area contributed by atoms with E-state index in [1.54, 1.807) is 18.6 Å². The predicted octanol–water partition coefficient (Wildman–Crippen LogP) is 2.37. The zero-order valence-corrected chi connectivity index (χ0v) is 13.1. The molecule has 0 fully saturated rings. The molecule has 8 nitrogen and oxygen atoms in total. The van der Waals surface area contributed by atoms with E-state index in [2.05, 4.69) is 15.1 Å². The molecule has 0 aliphatic rings. The molecule has 23 heavy (non-hydrogen) atoms. The lowest BCUT2D eigenvalue weighted by molar-refractivity contribution is -0.129. The van der Waals surface area contributed by atoms with Crippen molar-refractivity contribution in [2.75, 3.05) is 11.4 Å². The van der Waals surface area contributed by atoms with Crippen molar-refractivity contribution in [1.29, 1.82) is 0 Å². The molecule has 0 spiro atoms. The van der Waals surface area contributed by atoms with E-state index in [4.69, 9.17) is 9.73 Å². The number of anilines is 2. The lowest BCUT2D eigenvalue weighted by Gasteiger charge is -2.18. The molecule has 2 aromatic heterocycles. The first-order chi connectivity index (χ1) is 11.2. The Hall–Kier alpha value is -2.48. The fourth-order valence-electron chi connectivity index (χ4n) is 2.18. The SMILES string of the molecule is Cc1noc(N(CCCCCCC(=O)NO)c2ccccn2)n1. The summed E-state index contributed by atoms with van der Waals surface area (Å²) >= 11 is 0. The van der Waals surface area contributed by atoms with Crippen LogP contribution >= 0.6 is 0 Å². The van der Waals surface area contributed by atoms with E-state index in [1.165, 1.54) is 0 Å². The number of aryl methyl sites for hydroxylation is 1. The third kappa shape index (κ3) is 5.33. The summed E-state index contributed by atoms with van der Waals surface area (Å²) < 4.78 is 5.25. The number of hydrogen-bond acceptors (Lipinski definition) is 7. The van der Waals surface area contributed by atoms with Crippen LogP contribution in [0.15, 0.2) is 28.9 Å². The number of carbonyl (C=O) groups is 1. The van der Waals surface area contributed by atoms with Crippen molar-refractivity contribution in [2.24, 2.45) is 0 Å². The van der Waals surface area contributed by atoms with Crippen LogP contribution < -0.4 is 10.4 Å². The fraction of sp³-hybridized carbons (Fsp3) is 0.467. The van der Waals surface area contributed by atoms with E-state index in [0.29, 0.717) is 24.8 Å². The molecule has 1 amide bonds. The van der Waals surface area contributed by atoms with Gasteiger partial charge in [0.2, 0.25) is 5.91 Å². The summed E-state index contributed by atoms with van der Waals surface area (Å²) in [7, 11) is 0. The molecular weight excluding hydrogens is 298 g/mol. The first-order valence-electron chi connectivity index (χ1n) is 7.62. The average molecular weight is 319 g/mol. The van der Waals surface area contributed by atoms with E-state index in [-0.39, 0.29) is 5.91 Å². The van der Waals surface area contributed by atoms with Crippen molar-refractivity contribution < 1.29 is 14.5 Å². The fourth-order valence-corrected chi connectivity index (χ4v) is 2.18. The largest absolute Gasteiger partial charge is 0.329 e. The van der Waals surface area contributed by atoms with Crippen LogP contribution in [0, 0.1) is 6.92 Å². The topological polar surface area (TPSA) is 104 Å². The van der Waals surface area contributed by atoms with Gasteiger partial charge in [-0.2, -0.15) is 4.98 Å². The minimum atomic E-state index is -0.346. The number of pyridine rings is 1. The number of nitrogens with zero attached hydrogens (tertiary/aromatic N) is 4. The molecule has 2 rings (SSSR count). The summed E-state index contributed by atoms with van der Waals surface area (Å²) in [6.07, 6.45) is 5.57. The molecule has 2 aromatic rings. The molecule has 0 bridgehead atoms. The van der Waals surface area contributed by atoms with E-state index >= 15 is 0 Å². The maximum absolute atomic E-state index is 10.9. The van der Waals surface area contributed by atoms with Gasteiger partial charge in [-0.05, 0) is 31.9 Å². The molecule has 2 N–H and O–H groups in total. The molecule has 8 heteroatoms. The minimum absolute atomic E-state index is 0.337. The van der Waals surface area contributed by atoms with Crippen LogP contribution in [0.5, 0.6) is 0 Å². The highest BCUT2D eigenvalue weighted by atomic mass is 16.5. The number of aromatic nitrogens is 3. The predicted molar refractivity (Wildman–Crippen MR) is 83.3 cm³/mol. The molecule has 0 aliphatic carbocycles. The summed E-state index contributed by atoms with van der Waals surface area (Å²) in [5, 5.41) is 12.3. The highest BCUT2D eigenvalue weighted by Gasteiger charge is 2.16. The number of rotatable bonds is 9. The van der Waals surface area contributed by atoms with Crippen LogP contribution in [-0.2, 0) is 4.79 Å². The third-order valence-electron chi connectivity index (χ3n) is 3.33. The highest BCUT2D eigenvalue weighted by Crippen LogP contribution is 2.22. The van der Waals surface area contributed by atoms with Crippen LogP contribution in [0.3, 0.4) is 0 Å². The van der Waals surface area contributed by atoms with Crippen molar-refractivity contribution in [3.63, 3.8) is 0 Å². The molecule has 0 saturated heterocycles. The number of hydrogen-bond donors (Lipinski definition) is 2. The second-order valence-corrected chi connectivity index (χ2v) is 5.16. The van der Waals surface area contributed by atoms with E-state index in [1.807, 2.05) is 23.1 Å². The Morgan fingerprint density at radius 1 is 1.30 bits per heavy atom. The van der Waals surface area contributed by atoms with E-state index in [9.17, 15) is 4.79 Å². The summed E-state index contributed by atoms with van der Waals surface area (Å²) in [6, 6.07) is 6.09. The normalized spacial score (nSPS) is 10.5. The van der Waals surface area contributed by atoms with Gasteiger partial charge in [0.15, 0.2) is 5.82 Å². The van der Waals surface area contributed by atoms with E-state index in [0.717, 1.165) is 31.5 Å². The van der Waals surface area contributed by atoms with E-state index < -0.39 is 0 Å². The Bertz CT molecular complexity index is 602. The van der Waals surface area contributed by atoms with Gasteiger partial charge in [0.25, 0.3) is 0 Å². The van der Waals surface area contributed by atoms with Crippen LogP contribution in [0.1, 0.15) is 37.9 Å². The molecule has 124 valence electrons. The van der Waals surface area contributed by atoms with Gasteiger partial charge in [-0.25, -0.2) is 10.5 Å². The minimum Gasteiger partial charge on any atom is -0.315 e. The Morgan fingerprint density at radius 3 is 2.78 bits per heavy atom. The van der Waals surface area contributed by atoms with Crippen molar-refractivity contribution in [1.82, 2.24) is 20.6 Å². The monoisotopic (exact) mass is 319 g/mol. The number of unbranched alkanes of at least 4 members (excludes halogenated alkanes) is 3. The van der Waals surface area contributed by atoms with Crippen LogP contribution in [0.2, 0.25) is 0 Å². The average Bonchev–Trinajstić information content (AvgIpc) is 3.00. The van der Waals surface area contributed by atoms with Gasteiger partial charge in [-0.15, -0.1) is 0 Å². The second kappa shape index (κ2) is 8.84. The first-order valence-corrected chi connectivity index (χ1v) is 7.62. The van der Waals surface area contributed by atoms with Gasteiger partial charge in [0.1, 0.15) is 5.82 Å². The lowest BCUT2D eigenvalue weighted by atomic mass is 10.1. The summed E-state index contributed by atoms with van der Waals surface area (Å²) in [6.45, 7) is 2.47. The molecule has 0 unspecified atom stereocenters. The Morgan fingerprint density at radius 2 is 2.13 bits per heavy atom. The second-order valence-electron chi connectivity index (χ2n) is 5.16. The number of nitrogens with one attached hydrogen (secondary N) is 1. The smallest absolute Gasteiger partial charge is 0.315 e. The molecule has 2 heterocycles. The summed E-state index contributed by atoms with van der Waals surface area (Å²) in [4.78, 5) is 21.4. The van der Waals surface area contributed by atoms with Crippen molar-refractivity contribution >= 4 is 17.7 Å². The van der Waals surface area contributed by atoms with Crippen LogP contribution in [0.25, 0.3) is 0 Å². The Labute approximate surface area is 134 Å². The van der Waals surface area contributed by atoms with Gasteiger partial charge in [-0.3, -0.25) is 14.9 Å².